The number of aromatic nitrogens is 4. The van der Waals surface area contributed by atoms with Crippen molar-refractivity contribution in [1.82, 2.24) is 19.5 Å². The molecule has 3 aromatic heterocycles. The number of pyridine rings is 1. The summed E-state index contributed by atoms with van der Waals surface area (Å²) in [6.45, 7) is 0. The highest BCUT2D eigenvalue weighted by atomic mass is 16.3. The van der Waals surface area contributed by atoms with Crippen molar-refractivity contribution in [3.8, 4) is 0 Å². The summed E-state index contributed by atoms with van der Waals surface area (Å²) in [5, 5.41) is 13.4. The molecule has 0 saturated heterocycles. The predicted octanol–water partition coefficient (Wildman–Crippen LogP) is 3.45. The van der Waals surface area contributed by atoms with Gasteiger partial charge in [0.1, 0.15) is 11.9 Å². The van der Waals surface area contributed by atoms with E-state index in [-0.39, 0.29) is 11.6 Å². The van der Waals surface area contributed by atoms with Gasteiger partial charge in [-0.25, -0.2) is 4.98 Å². The molecule has 0 fully saturated rings. The van der Waals surface area contributed by atoms with Crippen LogP contribution in [0, 0.1) is 0 Å². The van der Waals surface area contributed by atoms with E-state index in [2.05, 4.69) is 21.0 Å². The van der Waals surface area contributed by atoms with Crippen molar-refractivity contribution in [2.45, 2.75) is 18.6 Å². The van der Waals surface area contributed by atoms with Crippen LogP contribution in [-0.2, 0) is 0 Å². The van der Waals surface area contributed by atoms with Crippen LogP contribution >= 0.6 is 0 Å². The Kier molecular flexibility index (Phi) is 3.05. The molecule has 0 spiro atoms. The van der Waals surface area contributed by atoms with Crippen LogP contribution in [0.15, 0.2) is 65.7 Å². The third-order valence-electron chi connectivity index (χ3n) is 5.69. The summed E-state index contributed by atoms with van der Waals surface area (Å²) in [7, 11) is 0. The van der Waals surface area contributed by atoms with Gasteiger partial charge in [-0.1, -0.05) is 30.3 Å². The Bertz CT molecular complexity index is 1450. The van der Waals surface area contributed by atoms with Crippen molar-refractivity contribution in [1.29, 1.82) is 0 Å². The van der Waals surface area contributed by atoms with Crippen molar-refractivity contribution < 1.29 is 5.11 Å². The topological polar surface area (TPSA) is 83.8 Å². The molecular formula is C22H16N4O2. The number of hydrogen-bond acceptors (Lipinski definition) is 4. The number of nitrogens with zero attached hydrogens (tertiary/aromatic N) is 3. The van der Waals surface area contributed by atoms with E-state index in [1.165, 1.54) is 0 Å². The number of rotatable bonds is 1. The Morgan fingerprint density at radius 1 is 1.00 bits per heavy atom. The highest BCUT2D eigenvalue weighted by molar-refractivity contribution is 6.08. The average molecular weight is 368 g/mol. The fourth-order valence-electron chi connectivity index (χ4n) is 4.47. The van der Waals surface area contributed by atoms with Gasteiger partial charge in [-0.15, -0.1) is 0 Å². The van der Waals surface area contributed by atoms with Crippen molar-refractivity contribution in [2.75, 3.05) is 0 Å². The Labute approximate surface area is 159 Å². The maximum atomic E-state index is 13.3. The molecule has 2 aromatic carbocycles. The highest BCUT2D eigenvalue weighted by Crippen LogP contribution is 2.40. The van der Waals surface area contributed by atoms with Gasteiger partial charge >= 0.3 is 0 Å². The Morgan fingerprint density at radius 2 is 1.79 bits per heavy atom. The van der Waals surface area contributed by atoms with Crippen molar-refractivity contribution in [3.63, 3.8) is 0 Å². The lowest BCUT2D eigenvalue weighted by molar-refractivity contribution is 0.172. The number of hydrogen-bond donors (Lipinski definition) is 2. The number of H-pyrrole nitrogens is 1. The van der Waals surface area contributed by atoms with Crippen LogP contribution in [0.1, 0.15) is 30.0 Å². The summed E-state index contributed by atoms with van der Waals surface area (Å²) in [5.74, 6) is 0.422. The summed E-state index contributed by atoms with van der Waals surface area (Å²) >= 11 is 0. The first kappa shape index (κ1) is 15.5. The van der Waals surface area contributed by atoms with Gasteiger partial charge in [-0.3, -0.25) is 14.3 Å². The average Bonchev–Trinajstić information content (AvgIpc) is 3.26. The first-order valence-electron chi connectivity index (χ1n) is 9.26. The van der Waals surface area contributed by atoms with E-state index in [1.807, 2.05) is 30.3 Å². The fraction of sp³-hybridized carbons (Fsp3) is 0.136. The maximum absolute atomic E-state index is 13.3. The van der Waals surface area contributed by atoms with Gasteiger partial charge in [0, 0.05) is 34.5 Å². The first-order valence-corrected chi connectivity index (χ1v) is 9.26. The lowest BCUT2D eigenvalue weighted by atomic mass is 10.00. The molecule has 5 aromatic rings. The van der Waals surface area contributed by atoms with Crippen molar-refractivity contribution in [3.05, 3.63) is 82.7 Å². The zero-order valence-electron chi connectivity index (χ0n) is 14.8. The van der Waals surface area contributed by atoms with Crippen molar-refractivity contribution >= 4 is 32.7 Å². The summed E-state index contributed by atoms with van der Waals surface area (Å²) < 4.78 is 1.64. The van der Waals surface area contributed by atoms with Crippen LogP contribution in [0.2, 0.25) is 0 Å². The Morgan fingerprint density at radius 3 is 2.68 bits per heavy atom. The van der Waals surface area contributed by atoms with E-state index in [4.69, 9.17) is 0 Å². The minimum atomic E-state index is -0.789. The number of fused-ring (bicyclic) bond motifs is 5. The number of nitrogens with one attached hydrogen (secondary N) is 1. The van der Waals surface area contributed by atoms with E-state index in [0.29, 0.717) is 23.1 Å². The summed E-state index contributed by atoms with van der Waals surface area (Å²) in [6.07, 6.45) is 3.21. The van der Waals surface area contributed by atoms with Gasteiger partial charge in [-0.2, -0.15) is 0 Å². The minimum Gasteiger partial charge on any atom is -0.385 e. The number of benzene rings is 2. The zero-order valence-corrected chi connectivity index (χ0v) is 14.8. The molecule has 6 nitrogen and oxygen atoms in total. The normalized spacial score (nSPS) is 18.9. The molecule has 2 N–H and O–H groups in total. The highest BCUT2D eigenvalue weighted by Gasteiger charge is 2.35. The molecule has 0 amide bonds. The largest absolute Gasteiger partial charge is 0.385 e. The van der Waals surface area contributed by atoms with Crippen molar-refractivity contribution in [2.24, 2.45) is 0 Å². The maximum Gasteiger partial charge on any atom is 0.262 e. The van der Waals surface area contributed by atoms with E-state index in [1.54, 1.807) is 29.1 Å². The smallest absolute Gasteiger partial charge is 0.262 e. The lowest BCUT2D eigenvalue weighted by Crippen LogP contribution is -2.25. The molecule has 0 aliphatic carbocycles. The van der Waals surface area contributed by atoms with Crippen LogP contribution in [0.25, 0.3) is 32.7 Å². The Balaban J connectivity index is 1.69. The molecule has 6 heteroatoms. The fourth-order valence-corrected chi connectivity index (χ4v) is 4.47. The molecule has 1 aliphatic rings. The third-order valence-corrected chi connectivity index (χ3v) is 5.69. The van der Waals surface area contributed by atoms with Gasteiger partial charge in [0.25, 0.3) is 5.56 Å². The Hall–Kier alpha value is -3.51. The van der Waals surface area contributed by atoms with Crippen LogP contribution in [0.3, 0.4) is 0 Å². The number of aromatic amines is 1. The van der Waals surface area contributed by atoms with E-state index in [9.17, 15) is 9.90 Å². The molecule has 0 bridgehead atoms. The standard InChI is InChI=1S/C22H16N4O2/c27-19-9-18(26-21(19)25-16-8-4-2-6-13(16)22(26)28)14-10-23-11-17-20(14)12-5-1-3-7-15(12)24-17/h1-8,10-11,18-19,24,27H,9H2. The van der Waals surface area contributed by atoms with Gasteiger partial charge in [0.15, 0.2) is 0 Å². The number of aliphatic hydroxyl groups excluding tert-OH is 1. The van der Waals surface area contributed by atoms with Crippen LogP contribution in [0.4, 0.5) is 0 Å². The monoisotopic (exact) mass is 368 g/mol. The quantitative estimate of drug-likeness (QED) is 0.475. The van der Waals surface area contributed by atoms with Crippen LogP contribution in [-0.4, -0.2) is 24.6 Å². The molecule has 6 rings (SSSR count). The van der Waals surface area contributed by atoms with Crippen LogP contribution < -0.4 is 5.56 Å². The molecule has 0 saturated carbocycles. The van der Waals surface area contributed by atoms with Gasteiger partial charge in [0.05, 0.1) is 28.7 Å². The van der Waals surface area contributed by atoms with E-state index in [0.717, 1.165) is 27.4 Å². The van der Waals surface area contributed by atoms with Crippen LogP contribution in [0.5, 0.6) is 0 Å². The van der Waals surface area contributed by atoms with E-state index < -0.39 is 6.10 Å². The summed E-state index contributed by atoms with van der Waals surface area (Å²) in [6, 6.07) is 15.0. The molecule has 4 heterocycles. The zero-order chi connectivity index (χ0) is 18.8. The van der Waals surface area contributed by atoms with Gasteiger partial charge < -0.3 is 10.1 Å². The molecule has 136 valence electrons. The molecule has 2 unspecified atom stereocenters. The molecular weight excluding hydrogens is 352 g/mol. The molecule has 2 atom stereocenters. The lowest BCUT2D eigenvalue weighted by Gasteiger charge is -2.16. The SMILES string of the molecule is O=c1c2ccccc2nc2n1C(c1cncc3[nH]c4ccccc4c13)CC2O. The first-order chi connectivity index (χ1) is 13.7. The second kappa shape index (κ2) is 5.50. The number of aliphatic hydroxyl groups is 1. The second-order valence-electron chi connectivity index (χ2n) is 7.25. The molecule has 0 radical (unpaired) electrons. The third kappa shape index (κ3) is 1.98. The van der Waals surface area contributed by atoms with Gasteiger partial charge in [-0.05, 0) is 18.2 Å². The summed E-state index contributed by atoms with van der Waals surface area (Å²) in [4.78, 5) is 25.6. The van der Waals surface area contributed by atoms with Gasteiger partial charge in [0.2, 0.25) is 0 Å². The predicted molar refractivity (Wildman–Crippen MR) is 107 cm³/mol. The molecule has 28 heavy (non-hydrogen) atoms. The minimum absolute atomic E-state index is 0.126. The van der Waals surface area contributed by atoms with E-state index >= 15 is 0 Å². The second-order valence-corrected chi connectivity index (χ2v) is 7.25. The molecule has 1 aliphatic heterocycles. The number of para-hydroxylation sites is 2. The summed E-state index contributed by atoms with van der Waals surface area (Å²) in [5.41, 5.74) is 3.35.